The molecule has 0 radical (unpaired) electrons. The van der Waals surface area contributed by atoms with Crippen LogP contribution < -0.4 is 10.1 Å². The SMILES string of the molecule is C/C=C\C(=C/C)C1CCC(CNC(=O)c2c[nH]cc2-c2ccccc2OCCOPI)CC1. The van der Waals surface area contributed by atoms with Crippen LogP contribution in [0.5, 0.6) is 5.75 Å². The largest absolute Gasteiger partial charge is 0.491 e. The molecular weight excluding hydrogens is 546 g/mol. The van der Waals surface area contributed by atoms with E-state index in [0.717, 1.165) is 36.3 Å². The summed E-state index contributed by atoms with van der Waals surface area (Å²) in [7, 11) is 0. The van der Waals surface area contributed by atoms with Gasteiger partial charge in [-0.3, -0.25) is 4.79 Å². The molecule has 1 atom stereocenters. The second-order valence-electron chi connectivity index (χ2n) is 8.27. The number of rotatable bonds is 11. The van der Waals surface area contributed by atoms with Crippen molar-refractivity contribution in [2.45, 2.75) is 39.5 Å². The van der Waals surface area contributed by atoms with E-state index in [1.54, 1.807) is 6.20 Å². The van der Waals surface area contributed by atoms with Gasteiger partial charge in [0.05, 0.1) is 18.6 Å². The highest BCUT2D eigenvalue weighted by Gasteiger charge is 2.24. The Bertz CT molecular complexity index is 949. The Morgan fingerprint density at radius 3 is 2.67 bits per heavy atom. The number of para-hydroxylation sites is 1. The van der Waals surface area contributed by atoms with Gasteiger partial charge in [0.2, 0.25) is 0 Å². The maximum atomic E-state index is 13.0. The smallest absolute Gasteiger partial charge is 0.253 e. The molecule has 1 unspecified atom stereocenters. The van der Waals surface area contributed by atoms with Crippen LogP contribution in [0.1, 0.15) is 49.9 Å². The maximum Gasteiger partial charge on any atom is 0.253 e. The summed E-state index contributed by atoms with van der Waals surface area (Å²) in [5.41, 5.74) is 3.85. The van der Waals surface area contributed by atoms with Gasteiger partial charge in [0, 0.05) is 30.1 Å². The predicted molar refractivity (Wildman–Crippen MR) is 146 cm³/mol. The fourth-order valence-corrected chi connectivity index (χ4v) is 5.34. The quantitative estimate of drug-likeness (QED) is 0.129. The van der Waals surface area contributed by atoms with Crippen LogP contribution in [-0.2, 0) is 4.52 Å². The van der Waals surface area contributed by atoms with Crippen molar-refractivity contribution < 1.29 is 14.1 Å². The summed E-state index contributed by atoms with van der Waals surface area (Å²) < 4.78 is 11.3. The number of hydrogen-bond acceptors (Lipinski definition) is 3. The Morgan fingerprint density at radius 1 is 1.15 bits per heavy atom. The van der Waals surface area contributed by atoms with Crippen LogP contribution in [0, 0.1) is 11.8 Å². The van der Waals surface area contributed by atoms with E-state index in [2.05, 4.69) is 64.4 Å². The number of H-pyrrole nitrogens is 1. The number of hydrogen-bond donors (Lipinski definition) is 2. The lowest BCUT2D eigenvalue weighted by Crippen LogP contribution is -2.31. The number of aromatic nitrogens is 1. The monoisotopic (exact) mass is 580 g/mol. The Kier molecular flexibility index (Phi) is 11.0. The lowest BCUT2D eigenvalue weighted by molar-refractivity contribution is 0.0943. The van der Waals surface area contributed by atoms with Crippen LogP contribution in [0.3, 0.4) is 0 Å². The summed E-state index contributed by atoms with van der Waals surface area (Å²) in [6.07, 6.45) is 14.9. The molecule has 1 aliphatic carbocycles. The van der Waals surface area contributed by atoms with Crippen molar-refractivity contribution in [1.29, 1.82) is 0 Å². The second-order valence-corrected chi connectivity index (χ2v) is 10.0. The fourth-order valence-electron chi connectivity index (χ4n) is 4.51. The van der Waals surface area contributed by atoms with E-state index >= 15 is 0 Å². The molecular formula is C26H34IN2O3P. The van der Waals surface area contributed by atoms with E-state index in [1.165, 1.54) is 18.4 Å². The number of amides is 1. The first-order chi connectivity index (χ1) is 16.2. The van der Waals surface area contributed by atoms with E-state index in [0.29, 0.717) is 37.1 Å². The van der Waals surface area contributed by atoms with Crippen LogP contribution in [0.4, 0.5) is 0 Å². The highest BCUT2D eigenvalue weighted by atomic mass is 127. The molecule has 2 aromatic rings. The third-order valence-corrected chi connectivity index (χ3v) is 7.47. The zero-order chi connectivity index (χ0) is 23.5. The van der Waals surface area contributed by atoms with Gasteiger partial charge in [0.25, 0.3) is 5.91 Å². The summed E-state index contributed by atoms with van der Waals surface area (Å²) in [5, 5.41) is 3.18. The molecule has 178 valence electrons. The van der Waals surface area contributed by atoms with Crippen molar-refractivity contribution >= 4 is 34.4 Å². The average Bonchev–Trinajstić information content (AvgIpc) is 3.34. The molecule has 7 heteroatoms. The van der Waals surface area contributed by atoms with E-state index < -0.39 is 0 Å². The number of aromatic amines is 1. The molecule has 0 spiro atoms. The van der Waals surface area contributed by atoms with Gasteiger partial charge in [0.1, 0.15) is 12.4 Å². The third-order valence-electron chi connectivity index (χ3n) is 6.23. The topological polar surface area (TPSA) is 63.4 Å². The van der Waals surface area contributed by atoms with Crippen LogP contribution in [0.15, 0.2) is 60.5 Å². The van der Waals surface area contributed by atoms with Crippen molar-refractivity contribution in [1.82, 2.24) is 10.3 Å². The van der Waals surface area contributed by atoms with Crippen LogP contribution >= 0.6 is 28.5 Å². The lowest BCUT2D eigenvalue weighted by atomic mass is 9.78. The van der Waals surface area contributed by atoms with Gasteiger partial charge in [-0.15, -0.1) is 0 Å². The molecule has 1 aliphatic rings. The van der Waals surface area contributed by atoms with Gasteiger partial charge in [-0.25, -0.2) is 0 Å². The van der Waals surface area contributed by atoms with Gasteiger partial charge in [-0.1, -0.05) is 36.4 Å². The van der Waals surface area contributed by atoms with Crippen molar-refractivity contribution in [2.24, 2.45) is 11.8 Å². The normalized spacial score (nSPS) is 19.4. The third kappa shape index (κ3) is 7.43. The molecule has 2 N–H and O–H groups in total. The molecule has 0 saturated heterocycles. The van der Waals surface area contributed by atoms with Gasteiger partial charge < -0.3 is 19.6 Å². The van der Waals surface area contributed by atoms with Crippen molar-refractivity contribution in [2.75, 3.05) is 19.8 Å². The summed E-state index contributed by atoms with van der Waals surface area (Å²) in [6.45, 7) is 6.36. The summed E-state index contributed by atoms with van der Waals surface area (Å²) in [4.78, 5) is 16.1. The van der Waals surface area contributed by atoms with E-state index in [-0.39, 0.29) is 5.91 Å². The zero-order valence-electron chi connectivity index (χ0n) is 19.4. The first-order valence-electron chi connectivity index (χ1n) is 11.6. The van der Waals surface area contributed by atoms with Gasteiger partial charge >= 0.3 is 0 Å². The molecule has 1 saturated carbocycles. The minimum atomic E-state index is -0.0410. The number of carbonyl (C=O) groups is 1. The molecule has 1 amide bonds. The summed E-state index contributed by atoms with van der Waals surface area (Å²) >= 11 is 2.20. The zero-order valence-corrected chi connectivity index (χ0v) is 22.6. The standard InChI is InChI=1S/C26H34IN2O3P/c1-3-7-20(4-2)21-12-10-19(11-13-21)16-29-26(30)24-18-28-17-23(24)22-8-5-6-9-25(22)31-14-15-32-33-27/h3-9,17-19,21,28,33H,10-16H2,1-2H3,(H,29,30)/b7-3-,20-4+. The Labute approximate surface area is 212 Å². The molecule has 0 aliphatic heterocycles. The number of benzene rings is 1. The molecule has 33 heavy (non-hydrogen) atoms. The molecule has 1 fully saturated rings. The average molecular weight is 580 g/mol. The minimum absolute atomic E-state index is 0.0410. The number of carbonyl (C=O) groups excluding carboxylic acids is 1. The summed E-state index contributed by atoms with van der Waals surface area (Å²) in [6, 6.07) is 7.82. The Balaban J connectivity index is 1.58. The van der Waals surface area contributed by atoms with Crippen LogP contribution in [0.2, 0.25) is 0 Å². The van der Waals surface area contributed by atoms with Crippen LogP contribution in [-0.4, -0.2) is 30.6 Å². The molecule has 5 nitrogen and oxygen atoms in total. The highest BCUT2D eigenvalue weighted by molar-refractivity contribution is 14.2. The van der Waals surface area contributed by atoms with E-state index in [4.69, 9.17) is 9.26 Å². The Hall–Kier alpha value is -1.63. The molecule has 3 rings (SSSR count). The van der Waals surface area contributed by atoms with Gasteiger partial charge in [-0.2, -0.15) is 0 Å². The van der Waals surface area contributed by atoms with Crippen molar-refractivity contribution in [3.63, 3.8) is 0 Å². The van der Waals surface area contributed by atoms with E-state index in [1.807, 2.05) is 30.5 Å². The van der Waals surface area contributed by atoms with Crippen molar-refractivity contribution in [3.05, 3.63) is 66.0 Å². The van der Waals surface area contributed by atoms with Crippen LogP contribution in [0.25, 0.3) is 11.1 Å². The second kappa shape index (κ2) is 13.9. The Morgan fingerprint density at radius 2 is 1.94 bits per heavy atom. The summed E-state index contributed by atoms with van der Waals surface area (Å²) in [5.74, 6) is 1.89. The molecule has 0 bridgehead atoms. The number of halogens is 1. The first kappa shape index (κ1) is 26.0. The lowest BCUT2D eigenvalue weighted by Gasteiger charge is -2.29. The fraction of sp³-hybridized carbons (Fsp3) is 0.423. The predicted octanol–water partition coefficient (Wildman–Crippen LogP) is 7.08. The maximum absolute atomic E-state index is 13.0. The number of allylic oxidation sites excluding steroid dienone is 4. The number of nitrogens with one attached hydrogen (secondary N) is 2. The molecule has 1 heterocycles. The van der Waals surface area contributed by atoms with Crippen molar-refractivity contribution in [3.8, 4) is 16.9 Å². The number of ether oxygens (including phenoxy) is 1. The minimum Gasteiger partial charge on any atom is -0.491 e. The van der Waals surface area contributed by atoms with Gasteiger partial charge in [0.15, 0.2) is 0 Å². The highest BCUT2D eigenvalue weighted by Crippen LogP contribution is 2.35. The first-order valence-corrected chi connectivity index (χ1v) is 15.6. The molecule has 1 aromatic carbocycles. The van der Waals surface area contributed by atoms with Gasteiger partial charge in [-0.05, 0) is 85.0 Å². The van der Waals surface area contributed by atoms with E-state index in [9.17, 15) is 4.79 Å². The molecule has 1 aromatic heterocycles.